The van der Waals surface area contributed by atoms with Gasteiger partial charge in [0.2, 0.25) is 5.91 Å². The van der Waals surface area contributed by atoms with E-state index in [1.54, 1.807) is 23.2 Å². The first-order valence-corrected chi connectivity index (χ1v) is 12.2. The lowest BCUT2D eigenvalue weighted by Gasteiger charge is -2.18. The zero-order valence-corrected chi connectivity index (χ0v) is 21.0. The number of methoxy groups -OCH3 is 1. The van der Waals surface area contributed by atoms with Gasteiger partial charge in [-0.1, -0.05) is 23.7 Å². The number of fused-ring (bicyclic) bond motifs is 1. The molecule has 1 saturated heterocycles. The minimum Gasteiger partial charge on any atom is -0.488 e. The summed E-state index contributed by atoms with van der Waals surface area (Å²) in [6.07, 6.45) is 3.82. The summed E-state index contributed by atoms with van der Waals surface area (Å²) in [5.74, 6) is 1.75. The van der Waals surface area contributed by atoms with Crippen molar-refractivity contribution in [3.05, 3.63) is 77.8 Å². The van der Waals surface area contributed by atoms with Crippen molar-refractivity contribution in [2.24, 2.45) is 0 Å². The second-order valence-corrected chi connectivity index (χ2v) is 8.96. The molecule has 0 radical (unpaired) electrons. The molecule has 1 N–H and O–H groups in total. The monoisotopic (exact) mass is 519 g/mol. The summed E-state index contributed by atoms with van der Waals surface area (Å²) in [6, 6.07) is 16.8. The zero-order valence-electron chi connectivity index (χ0n) is 20.3. The number of hydrogen-bond acceptors (Lipinski definition) is 8. The van der Waals surface area contributed by atoms with E-state index in [9.17, 15) is 4.79 Å². The molecule has 5 rings (SSSR count). The maximum absolute atomic E-state index is 12.2. The highest BCUT2D eigenvalue weighted by atomic mass is 35.5. The van der Waals surface area contributed by atoms with Gasteiger partial charge in [-0.3, -0.25) is 9.78 Å². The molecular weight excluding hydrogens is 494 g/mol. The summed E-state index contributed by atoms with van der Waals surface area (Å²) in [5.41, 5.74) is 2.29. The van der Waals surface area contributed by atoms with Gasteiger partial charge in [0.25, 0.3) is 0 Å². The lowest BCUT2D eigenvalue weighted by atomic mass is 10.2. The van der Waals surface area contributed by atoms with Crippen LogP contribution < -0.4 is 14.8 Å². The van der Waals surface area contributed by atoms with Gasteiger partial charge < -0.3 is 24.4 Å². The van der Waals surface area contributed by atoms with Crippen molar-refractivity contribution in [1.82, 2.24) is 19.9 Å². The van der Waals surface area contributed by atoms with E-state index in [-0.39, 0.29) is 18.6 Å². The van der Waals surface area contributed by atoms with Crippen molar-refractivity contribution in [3.63, 3.8) is 0 Å². The first kappa shape index (κ1) is 24.7. The Morgan fingerprint density at radius 1 is 1.11 bits per heavy atom. The maximum atomic E-state index is 12.2. The second kappa shape index (κ2) is 11.4. The summed E-state index contributed by atoms with van der Waals surface area (Å²) in [7, 11) is 1.52. The van der Waals surface area contributed by atoms with Crippen LogP contribution in [0.3, 0.4) is 0 Å². The summed E-state index contributed by atoms with van der Waals surface area (Å²) < 4.78 is 17.1. The molecule has 4 aromatic rings. The first-order chi connectivity index (χ1) is 18.1. The molecule has 0 aliphatic carbocycles. The lowest BCUT2D eigenvalue weighted by molar-refractivity contribution is -0.134. The molecule has 3 heterocycles. The largest absolute Gasteiger partial charge is 0.488 e. The van der Waals surface area contributed by atoms with Crippen molar-refractivity contribution in [2.75, 3.05) is 32.1 Å². The molecule has 1 unspecified atom stereocenters. The SMILES string of the molecule is COCC(=O)N1CCC(Oc2cccc3ncnc(Nc4ccc(OCc5ccccn5)c(Cl)c4)c23)C1. The molecule has 2 aromatic carbocycles. The van der Waals surface area contributed by atoms with Crippen LogP contribution in [0.25, 0.3) is 10.9 Å². The number of rotatable bonds is 9. The van der Waals surface area contributed by atoms with E-state index in [1.165, 1.54) is 13.4 Å². The Kier molecular flexibility index (Phi) is 7.62. The molecule has 190 valence electrons. The molecule has 1 aliphatic rings. The summed E-state index contributed by atoms with van der Waals surface area (Å²) in [4.78, 5) is 27.1. The normalized spacial score (nSPS) is 15.1. The smallest absolute Gasteiger partial charge is 0.248 e. The first-order valence-electron chi connectivity index (χ1n) is 11.9. The third-order valence-electron chi connectivity index (χ3n) is 5.98. The Hall–Kier alpha value is -3.95. The van der Waals surface area contributed by atoms with Gasteiger partial charge in [-0.15, -0.1) is 0 Å². The Morgan fingerprint density at radius 2 is 2.03 bits per heavy atom. The van der Waals surface area contributed by atoms with Crippen LogP contribution in [-0.4, -0.2) is 58.7 Å². The fourth-order valence-electron chi connectivity index (χ4n) is 4.18. The van der Waals surface area contributed by atoms with Gasteiger partial charge in [0.15, 0.2) is 0 Å². The van der Waals surface area contributed by atoms with Gasteiger partial charge in [-0.2, -0.15) is 0 Å². The molecule has 2 aromatic heterocycles. The zero-order chi connectivity index (χ0) is 25.6. The lowest BCUT2D eigenvalue weighted by Crippen LogP contribution is -2.33. The number of hydrogen-bond donors (Lipinski definition) is 1. The predicted octanol–water partition coefficient (Wildman–Crippen LogP) is 4.63. The fraction of sp³-hybridized carbons (Fsp3) is 0.259. The van der Waals surface area contributed by atoms with Crippen molar-refractivity contribution >= 4 is 39.9 Å². The van der Waals surface area contributed by atoms with E-state index in [2.05, 4.69) is 20.3 Å². The Morgan fingerprint density at radius 3 is 2.84 bits per heavy atom. The Bertz CT molecular complexity index is 1380. The summed E-state index contributed by atoms with van der Waals surface area (Å²) >= 11 is 6.50. The maximum Gasteiger partial charge on any atom is 0.248 e. The molecule has 0 bridgehead atoms. The molecule has 1 aliphatic heterocycles. The van der Waals surface area contributed by atoms with Crippen molar-refractivity contribution in [2.45, 2.75) is 19.1 Å². The van der Waals surface area contributed by atoms with Gasteiger partial charge in [0.1, 0.15) is 43.0 Å². The molecule has 9 nitrogen and oxygen atoms in total. The standard InChI is InChI=1S/C27H26ClN5O4/c1-35-16-25(34)33-12-10-20(14-33)37-24-7-4-6-22-26(24)27(31-17-30-22)32-18-8-9-23(21(28)13-18)36-15-19-5-2-3-11-29-19/h2-9,11,13,17,20H,10,12,14-16H2,1H3,(H,30,31,32). The van der Waals surface area contributed by atoms with E-state index in [1.807, 2.05) is 42.5 Å². The predicted molar refractivity (Wildman–Crippen MR) is 140 cm³/mol. The van der Waals surface area contributed by atoms with Crippen molar-refractivity contribution < 1.29 is 19.0 Å². The topological polar surface area (TPSA) is 98.7 Å². The number of aromatic nitrogens is 3. The number of amides is 1. The average molecular weight is 520 g/mol. The highest BCUT2D eigenvalue weighted by Gasteiger charge is 2.28. The molecule has 0 spiro atoms. The highest BCUT2D eigenvalue weighted by Crippen LogP contribution is 2.35. The second-order valence-electron chi connectivity index (χ2n) is 8.55. The number of pyridine rings is 1. The third-order valence-corrected chi connectivity index (χ3v) is 6.28. The van der Waals surface area contributed by atoms with Crippen molar-refractivity contribution in [1.29, 1.82) is 0 Å². The van der Waals surface area contributed by atoms with Crippen LogP contribution >= 0.6 is 11.6 Å². The minimum atomic E-state index is -0.135. The van der Waals surface area contributed by atoms with Gasteiger partial charge in [-0.05, 0) is 42.5 Å². The number of nitrogens with one attached hydrogen (secondary N) is 1. The molecule has 1 fully saturated rings. The Balaban J connectivity index is 1.32. The number of ether oxygens (including phenoxy) is 3. The van der Waals surface area contributed by atoms with Crippen LogP contribution in [0, 0.1) is 0 Å². The van der Waals surface area contributed by atoms with Crippen LogP contribution in [-0.2, 0) is 16.1 Å². The van der Waals surface area contributed by atoms with E-state index in [0.29, 0.717) is 42.0 Å². The summed E-state index contributed by atoms with van der Waals surface area (Å²) in [6.45, 7) is 1.52. The number of likely N-dealkylation sites (tertiary alicyclic amines) is 1. The Labute approximate surface area is 219 Å². The van der Waals surface area contributed by atoms with Crippen molar-refractivity contribution in [3.8, 4) is 11.5 Å². The van der Waals surface area contributed by atoms with Crippen LogP contribution in [0.15, 0.2) is 67.1 Å². The molecule has 10 heteroatoms. The van der Waals surface area contributed by atoms with Gasteiger partial charge in [0, 0.05) is 32.0 Å². The highest BCUT2D eigenvalue weighted by molar-refractivity contribution is 6.32. The number of benzene rings is 2. The number of carbonyl (C=O) groups excluding carboxylic acids is 1. The van der Waals surface area contributed by atoms with Gasteiger partial charge in [-0.25, -0.2) is 9.97 Å². The third kappa shape index (κ3) is 5.90. The van der Waals surface area contributed by atoms with E-state index >= 15 is 0 Å². The van der Waals surface area contributed by atoms with E-state index in [4.69, 9.17) is 25.8 Å². The quantitative estimate of drug-likeness (QED) is 0.342. The molecule has 0 saturated carbocycles. The molecular formula is C27H26ClN5O4. The van der Waals surface area contributed by atoms with Crippen LogP contribution in [0.2, 0.25) is 5.02 Å². The van der Waals surface area contributed by atoms with Crippen LogP contribution in [0.4, 0.5) is 11.5 Å². The van der Waals surface area contributed by atoms with Crippen LogP contribution in [0.5, 0.6) is 11.5 Å². The van der Waals surface area contributed by atoms with Gasteiger partial charge in [0.05, 0.1) is 28.2 Å². The average Bonchev–Trinajstić information content (AvgIpc) is 3.38. The number of carbonyl (C=O) groups is 1. The number of halogens is 1. The minimum absolute atomic E-state index is 0.0402. The molecule has 37 heavy (non-hydrogen) atoms. The van der Waals surface area contributed by atoms with E-state index in [0.717, 1.165) is 28.7 Å². The number of nitrogens with zero attached hydrogens (tertiary/aromatic N) is 4. The number of anilines is 2. The van der Waals surface area contributed by atoms with E-state index < -0.39 is 0 Å². The molecule has 1 atom stereocenters. The fourth-order valence-corrected chi connectivity index (χ4v) is 4.42. The summed E-state index contributed by atoms with van der Waals surface area (Å²) in [5, 5.41) is 4.54. The van der Waals surface area contributed by atoms with Crippen LogP contribution in [0.1, 0.15) is 12.1 Å². The van der Waals surface area contributed by atoms with Gasteiger partial charge >= 0.3 is 0 Å². The molecule has 1 amide bonds.